The molecule has 4 nitrogen and oxygen atoms in total. The van der Waals surface area contributed by atoms with Gasteiger partial charge in [0.05, 0.1) is 13.2 Å². The molecule has 0 radical (unpaired) electrons. The van der Waals surface area contributed by atoms with Crippen LogP contribution in [0, 0.1) is 0 Å². The van der Waals surface area contributed by atoms with Gasteiger partial charge >= 0.3 is 6.09 Å². The molecule has 1 aliphatic rings. The monoisotopic (exact) mass is 289 g/mol. The van der Waals surface area contributed by atoms with E-state index in [1.165, 1.54) is 0 Å². The van der Waals surface area contributed by atoms with Crippen molar-refractivity contribution >= 4 is 6.09 Å². The molecule has 0 unspecified atom stereocenters. The standard InChI is InChI=1S/C17H23NO3/c1-17(2,3)21-16(19)18-11-7-9-14(18)12-13-8-5-6-10-15(13)20-4/h5-10,14H,11-12H2,1-4H3/t14-/m1/s1. The molecule has 1 aromatic carbocycles. The number of amides is 1. The Hall–Kier alpha value is -1.97. The summed E-state index contributed by atoms with van der Waals surface area (Å²) in [5.41, 5.74) is 0.611. The summed E-state index contributed by atoms with van der Waals surface area (Å²) in [7, 11) is 1.66. The fourth-order valence-electron chi connectivity index (χ4n) is 2.38. The van der Waals surface area contributed by atoms with Crippen LogP contribution in [0.4, 0.5) is 4.79 Å². The van der Waals surface area contributed by atoms with Gasteiger partial charge in [-0.2, -0.15) is 0 Å². The van der Waals surface area contributed by atoms with Crippen LogP contribution in [0.15, 0.2) is 36.4 Å². The topological polar surface area (TPSA) is 38.8 Å². The van der Waals surface area contributed by atoms with Gasteiger partial charge in [0, 0.05) is 13.0 Å². The number of hydrogen-bond acceptors (Lipinski definition) is 3. The van der Waals surface area contributed by atoms with E-state index in [4.69, 9.17) is 9.47 Å². The van der Waals surface area contributed by atoms with Crippen LogP contribution in [0.5, 0.6) is 5.75 Å². The molecule has 1 aliphatic heterocycles. The number of ether oxygens (including phenoxy) is 2. The highest BCUT2D eigenvalue weighted by molar-refractivity contribution is 5.70. The van der Waals surface area contributed by atoms with Gasteiger partial charge in [-0.15, -0.1) is 0 Å². The molecule has 1 aromatic rings. The molecule has 4 heteroatoms. The third kappa shape index (κ3) is 4.00. The van der Waals surface area contributed by atoms with E-state index in [1.807, 2.05) is 51.1 Å². The lowest BCUT2D eigenvalue weighted by molar-refractivity contribution is 0.0242. The first kappa shape index (κ1) is 15.4. The minimum atomic E-state index is -0.478. The molecule has 0 aliphatic carbocycles. The molecule has 2 rings (SSSR count). The smallest absolute Gasteiger partial charge is 0.411 e. The molecular formula is C17H23NO3. The van der Waals surface area contributed by atoms with Crippen LogP contribution in [-0.2, 0) is 11.2 Å². The van der Waals surface area contributed by atoms with E-state index in [0.717, 1.165) is 17.7 Å². The first-order valence-corrected chi connectivity index (χ1v) is 7.19. The molecule has 1 atom stereocenters. The van der Waals surface area contributed by atoms with E-state index in [1.54, 1.807) is 12.0 Å². The van der Waals surface area contributed by atoms with Gasteiger partial charge in [-0.05, 0) is 32.4 Å². The van der Waals surface area contributed by atoms with Crippen molar-refractivity contribution in [2.45, 2.75) is 38.8 Å². The zero-order valence-corrected chi connectivity index (χ0v) is 13.1. The molecule has 1 amide bonds. The highest BCUT2D eigenvalue weighted by atomic mass is 16.6. The molecule has 1 heterocycles. The van der Waals surface area contributed by atoms with Crippen molar-refractivity contribution in [2.24, 2.45) is 0 Å². The van der Waals surface area contributed by atoms with Gasteiger partial charge < -0.3 is 9.47 Å². The lowest BCUT2D eigenvalue weighted by Crippen LogP contribution is -2.41. The van der Waals surface area contributed by atoms with Crippen LogP contribution in [0.25, 0.3) is 0 Å². The van der Waals surface area contributed by atoms with Crippen molar-refractivity contribution in [3.8, 4) is 5.75 Å². The van der Waals surface area contributed by atoms with Gasteiger partial charge in [0.2, 0.25) is 0 Å². The molecule has 0 fully saturated rings. The lowest BCUT2D eigenvalue weighted by Gasteiger charge is -2.28. The Bertz CT molecular complexity index is 531. The van der Waals surface area contributed by atoms with Gasteiger partial charge in [0.25, 0.3) is 0 Å². The fourth-order valence-corrected chi connectivity index (χ4v) is 2.38. The molecule has 0 N–H and O–H groups in total. The third-order valence-corrected chi connectivity index (χ3v) is 3.31. The van der Waals surface area contributed by atoms with Gasteiger partial charge in [-0.1, -0.05) is 30.4 Å². The Morgan fingerprint density at radius 3 is 2.71 bits per heavy atom. The van der Waals surface area contributed by atoms with Crippen molar-refractivity contribution in [3.63, 3.8) is 0 Å². The number of hydrogen-bond donors (Lipinski definition) is 0. The van der Waals surface area contributed by atoms with Gasteiger partial charge in [0.1, 0.15) is 11.4 Å². The summed E-state index contributed by atoms with van der Waals surface area (Å²) >= 11 is 0. The summed E-state index contributed by atoms with van der Waals surface area (Å²) in [5, 5.41) is 0. The van der Waals surface area contributed by atoms with Crippen molar-refractivity contribution in [3.05, 3.63) is 42.0 Å². The van der Waals surface area contributed by atoms with E-state index >= 15 is 0 Å². The molecular weight excluding hydrogens is 266 g/mol. The molecule has 114 valence electrons. The number of para-hydroxylation sites is 1. The van der Waals surface area contributed by atoms with E-state index < -0.39 is 5.60 Å². The van der Waals surface area contributed by atoms with Gasteiger partial charge in [0.15, 0.2) is 0 Å². The average Bonchev–Trinajstić information content (AvgIpc) is 2.85. The highest BCUT2D eigenvalue weighted by Gasteiger charge is 2.29. The summed E-state index contributed by atoms with van der Waals surface area (Å²) in [6.07, 6.45) is 4.51. The Kier molecular flexibility index (Phi) is 4.56. The first-order valence-electron chi connectivity index (χ1n) is 7.19. The summed E-state index contributed by atoms with van der Waals surface area (Å²) in [6.45, 7) is 6.23. The summed E-state index contributed by atoms with van der Waals surface area (Å²) in [5.74, 6) is 0.849. The summed E-state index contributed by atoms with van der Waals surface area (Å²) < 4.78 is 10.8. The number of rotatable bonds is 3. The molecule has 0 aromatic heterocycles. The van der Waals surface area contributed by atoms with Crippen molar-refractivity contribution in [1.82, 2.24) is 4.90 Å². The number of carbonyl (C=O) groups is 1. The number of nitrogens with zero attached hydrogens (tertiary/aromatic N) is 1. The highest BCUT2D eigenvalue weighted by Crippen LogP contribution is 2.24. The molecule has 0 bridgehead atoms. The van der Waals surface area contributed by atoms with E-state index in [-0.39, 0.29) is 12.1 Å². The van der Waals surface area contributed by atoms with Crippen LogP contribution in [0.2, 0.25) is 0 Å². The Balaban J connectivity index is 2.08. The second kappa shape index (κ2) is 6.20. The lowest BCUT2D eigenvalue weighted by atomic mass is 10.0. The van der Waals surface area contributed by atoms with E-state index in [2.05, 4.69) is 6.08 Å². The van der Waals surface area contributed by atoms with E-state index in [9.17, 15) is 4.79 Å². The maximum Gasteiger partial charge on any atom is 0.411 e. The van der Waals surface area contributed by atoms with Gasteiger partial charge in [-0.3, -0.25) is 4.90 Å². The number of carbonyl (C=O) groups excluding carboxylic acids is 1. The second-order valence-corrected chi connectivity index (χ2v) is 6.14. The minimum Gasteiger partial charge on any atom is -0.496 e. The second-order valence-electron chi connectivity index (χ2n) is 6.14. The quantitative estimate of drug-likeness (QED) is 0.800. The molecule has 0 spiro atoms. The van der Waals surface area contributed by atoms with Crippen LogP contribution in [0.1, 0.15) is 26.3 Å². The predicted molar refractivity (Wildman–Crippen MR) is 82.6 cm³/mol. The Morgan fingerprint density at radius 2 is 2.05 bits per heavy atom. The largest absolute Gasteiger partial charge is 0.496 e. The zero-order chi connectivity index (χ0) is 15.5. The maximum absolute atomic E-state index is 12.2. The predicted octanol–water partition coefficient (Wildman–Crippen LogP) is 3.41. The number of methoxy groups -OCH3 is 1. The Morgan fingerprint density at radius 1 is 1.33 bits per heavy atom. The molecule has 21 heavy (non-hydrogen) atoms. The van der Waals surface area contributed by atoms with Crippen LogP contribution < -0.4 is 4.74 Å². The first-order chi connectivity index (χ1) is 9.90. The molecule has 0 saturated carbocycles. The van der Waals surface area contributed by atoms with Crippen molar-refractivity contribution in [2.75, 3.05) is 13.7 Å². The average molecular weight is 289 g/mol. The Labute approximate surface area is 126 Å². The van der Waals surface area contributed by atoms with Gasteiger partial charge in [-0.25, -0.2) is 4.79 Å². The van der Waals surface area contributed by atoms with Crippen molar-refractivity contribution in [1.29, 1.82) is 0 Å². The van der Waals surface area contributed by atoms with Crippen LogP contribution in [-0.4, -0.2) is 36.3 Å². The van der Waals surface area contributed by atoms with Crippen molar-refractivity contribution < 1.29 is 14.3 Å². The normalized spacial score (nSPS) is 17.9. The third-order valence-electron chi connectivity index (χ3n) is 3.31. The minimum absolute atomic E-state index is 0.0103. The maximum atomic E-state index is 12.2. The van der Waals surface area contributed by atoms with Crippen LogP contribution in [0.3, 0.4) is 0 Å². The zero-order valence-electron chi connectivity index (χ0n) is 13.1. The summed E-state index contributed by atoms with van der Waals surface area (Å²) in [6, 6.07) is 7.90. The van der Waals surface area contributed by atoms with Crippen LogP contribution >= 0.6 is 0 Å². The number of benzene rings is 1. The summed E-state index contributed by atoms with van der Waals surface area (Å²) in [4.78, 5) is 14.0. The molecule has 0 saturated heterocycles. The van der Waals surface area contributed by atoms with E-state index in [0.29, 0.717) is 6.54 Å². The fraction of sp³-hybridized carbons (Fsp3) is 0.471. The SMILES string of the molecule is COc1ccccc1C[C@H]1C=CCN1C(=O)OC(C)(C)C.